The molecule has 120 valence electrons. The van der Waals surface area contributed by atoms with Gasteiger partial charge in [-0.25, -0.2) is 8.42 Å². The lowest BCUT2D eigenvalue weighted by Crippen LogP contribution is -2.37. The van der Waals surface area contributed by atoms with E-state index in [1.165, 1.54) is 4.31 Å². The third-order valence-corrected chi connectivity index (χ3v) is 6.89. The Bertz CT molecular complexity index is 563. The number of nitrogens with one attached hydrogen (secondary N) is 1. The van der Waals surface area contributed by atoms with Gasteiger partial charge in [-0.2, -0.15) is 16.1 Å². The maximum Gasteiger partial charge on any atom is 0.246 e. The molecule has 1 aliphatic rings. The number of nitrogens with zero attached hydrogens (tertiary/aromatic N) is 1. The van der Waals surface area contributed by atoms with Gasteiger partial charge in [-0.05, 0) is 32.1 Å². The molecule has 1 aromatic rings. The van der Waals surface area contributed by atoms with Crippen molar-refractivity contribution in [2.24, 2.45) is 0 Å². The van der Waals surface area contributed by atoms with Crippen LogP contribution in [0.2, 0.25) is 0 Å². The summed E-state index contributed by atoms with van der Waals surface area (Å²) in [5, 5.41) is 3.22. The molecule has 0 bridgehead atoms. The maximum atomic E-state index is 12.7. The molecule has 0 amide bonds. The van der Waals surface area contributed by atoms with Crippen LogP contribution in [0.15, 0.2) is 15.4 Å². The molecule has 2 rings (SSSR count). The first-order valence-corrected chi connectivity index (χ1v) is 9.92. The van der Waals surface area contributed by atoms with Crippen LogP contribution >= 0.6 is 11.8 Å². The lowest BCUT2D eigenvalue weighted by atomic mass is 10.3. The van der Waals surface area contributed by atoms with E-state index >= 15 is 0 Å². The zero-order valence-electron chi connectivity index (χ0n) is 12.9. The van der Waals surface area contributed by atoms with Gasteiger partial charge in [-0.3, -0.25) is 0 Å². The summed E-state index contributed by atoms with van der Waals surface area (Å²) in [7, 11) is -1.79. The van der Waals surface area contributed by atoms with Gasteiger partial charge in [0, 0.05) is 24.9 Å². The highest BCUT2D eigenvalue weighted by atomic mass is 32.2. The monoisotopic (exact) mass is 332 g/mol. The van der Waals surface area contributed by atoms with Crippen molar-refractivity contribution in [3.8, 4) is 0 Å². The molecule has 1 N–H and O–H groups in total. The van der Waals surface area contributed by atoms with Crippen molar-refractivity contribution in [2.45, 2.75) is 44.2 Å². The van der Waals surface area contributed by atoms with Gasteiger partial charge in [0.1, 0.15) is 16.4 Å². The third kappa shape index (κ3) is 3.83. The number of thioether (sulfide) groups is 1. The number of sulfonamides is 1. The molecule has 0 aromatic carbocycles. The molecule has 7 heteroatoms. The minimum absolute atomic E-state index is 0.0935. The molecule has 1 aromatic heterocycles. The first-order valence-electron chi connectivity index (χ1n) is 7.32. The van der Waals surface area contributed by atoms with Crippen LogP contribution in [-0.2, 0) is 16.6 Å². The molecule has 0 aliphatic carbocycles. The lowest BCUT2D eigenvalue weighted by Gasteiger charge is -2.22. The second-order valence-corrected chi connectivity index (χ2v) is 8.46. The van der Waals surface area contributed by atoms with E-state index < -0.39 is 10.0 Å². The Hall–Kier alpha value is -0.500. The van der Waals surface area contributed by atoms with Gasteiger partial charge in [0.15, 0.2) is 0 Å². The summed E-state index contributed by atoms with van der Waals surface area (Å²) in [5.41, 5.74) is 0. The highest BCUT2D eigenvalue weighted by molar-refractivity contribution is 7.99. The first kappa shape index (κ1) is 16.9. The fraction of sp³-hybridized carbons (Fsp3) is 0.714. The minimum atomic E-state index is -3.46. The zero-order chi connectivity index (χ0) is 15.5. The molecular weight excluding hydrogens is 308 g/mol. The number of hydrogen-bond acceptors (Lipinski definition) is 5. The van der Waals surface area contributed by atoms with E-state index in [4.69, 9.17) is 4.42 Å². The molecule has 2 heterocycles. The van der Waals surface area contributed by atoms with Crippen molar-refractivity contribution in [1.82, 2.24) is 9.62 Å². The Morgan fingerprint density at radius 3 is 2.90 bits per heavy atom. The molecular formula is C14H24N2O3S2. The van der Waals surface area contributed by atoms with E-state index in [0.29, 0.717) is 23.0 Å². The molecule has 5 nitrogen and oxygen atoms in total. The van der Waals surface area contributed by atoms with Crippen LogP contribution in [0.4, 0.5) is 0 Å². The largest absolute Gasteiger partial charge is 0.464 e. The molecule has 1 aliphatic heterocycles. The van der Waals surface area contributed by atoms with Crippen LogP contribution in [0.1, 0.15) is 31.3 Å². The summed E-state index contributed by atoms with van der Waals surface area (Å²) < 4.78 is 32.5. The van der Waals surface area contributed by atoms with Gasteiger partial charge in [-0.1, -0.05) is 6.92 Å². The van der Waals surface area contributed by atoms with Crippen molar-refractivity contribution < 1.29 is 12.8 Å². The smallest absolute Gasteiger partial charge is 0.246 e. The lowest BCUT2D eigenvalue weighted by molar-refractivity contribution is 0.392. The summed E-state index contributed by atoms with van der Waals surface area (Å²) >= 11 is 1.81. The topological polar surface area (TPSA) is 62.6 Å². The summed E-state index contributed by atoms with van der Waals surface area (Å²) in [6.45, 7) is 5.26. The van der Waals surface area contributed by atoms with Gasteiger partial charge in [0.25, 0.3) is 0 Å². The van der Waals surface area contributed by atoms with Crippen LogP contribution in [0.25, 0.3) is 0 Å². The van der Waals surface area contributed by atoms with Gasteiger partial charge >= 0.3 is 0 Å². The molecule has 0 saturated carbocycles. The molecule has 0 spiro atoms. The van der Waals surface area contributed by atoms with Gasteiger partial charge in [0.05, 0.1) is 6.54 Å². The van der Waals surface area contributed by atoms with Gasteiger partial charge in [0.2, 0.25) is 10.0 Å². The maximum absolute atomic E-state index is 12.7. The van der Waals surface area contributed by atoms with E-state index in [2.05, 4.69) is 12.2 Å². The van der Waals surface area contributed by atoms with Crippen molar-refractivity contribution >= 4 is 21.8 Å². The second-order valence-electron chi connectivity index (χ2n) is 5.35. The Morgan fingerprint density at radius 1 is 1.52 bits per heavy atom. The average molecular weight is 332 g/mol. The number of aryl methyl sites for hydroxylation is 1. The molecule has 1 atom stereocenters. The SMILES string of the molecule is CCCNCc1cc(S(=O)(=O)N(C)C2CCSC2)c(C)o1. The second kappa shape index (κ2) is 7.17. The molecule has 1 saturated heterocycles. The normalized spacial score (nSPS) is 19.5. The predicted octanol–water partition coefficient (Wildman–Crippen LogP) is 2.21. The van der Waals surface area contributed by atoms with Crippen LogP contribution in [0.3, 0.4) is 0 Å². The number of rotatable bonds is 7. The van der Waals surface area contributed by atoms with E-state index in [9.17, 15) is 8.42 Å². The molecule has 1 unspecified atom stereocenters. The average Bonchev–Trinajstić information content (AvgIpc) is 3.08. The highest BCUT2D eigenvalue weighted by Crippen LogP contribution is 2.29. The number of furan rings is 1. The number of hydrogen-bond donors (Lipinski definition) is 1. The van der Waals surface area contributed by atoms with E-state index in [1.807, 2.05) is 0 Å². The van der Waals surface area contributed by atoms with Crippen molar-refractivity contribution in [3.05, 3.63) is 17.6 Å². The van der Waals surface area contributed by atoms with Gasteiger partial charge in [-0.15, -0.1) is 0 Å². The molecule has 1 fully saturated rings. The Balaban J connectivity index is 2.15. The van der Waals surface area contributed by atoms with Crippen molar-refractivity contribution in [3.63, 3.8) is 0 Å². The summed E-state index contributed by atoms with van der Waals surface area (Å²) in [6.07, 6.45) is 1.95. The Labute approximate surface area is 131 Å². The summed E-state index contributed by atoms with van der Waals surface area (Å²) in [6, 6.07) is 1.75. The quantitative estimate of drug-likeness (QED) is 0.776. The van der Waals surface area contributed by atoms with Gasteiger partial charge < -0.3 is 9.73 Å². The van der Waals surface area contributed by atoms with E-state index in [-0.39, 0.29) is 6.04 Å². The standard InChI is InChI=1S/C14H24N2O3S2/c1-4-6-15-9-13-8-14(11(2)19-13)21(17,18)16(3)12-5-7-20-10-12/h8,12,15H,4-7,9-10H2,1-3H3. The van der Waals surface area contributed by atoms with Crippen LogP contribution in [0, 0.1) is 6.92 Å². The zero-order valence-corrected chi connectivity index (χ0v) is 14.5. The Morgan fingerprint density at radius 2 is 2.29 bits per heavy atom. The highest BCUT2D eigenvalue weighted by Gasteiger charge is 2.32. The van der Waals surface area contributed by atoms with Crippen molar-refractivity contribution in [2.75, 3.05) is 25.1 Å². The molecule has 0 radical (unpaired) electrons. The minimum Gasteiger partial charge on any atom is -0.464 e. The fourth-order valence-corrected chi connectivity index (χ4v) is 5.35. The summed E-state index contributed by atoms with van der Waals surface area (Å²) in [4.78, 5) is 0.301. The van der Waals surface area contributed by atoms with Crippen LogP contribution in [-0.4, -0.2) is 43.9 Å². The van der Waals surface area contributed by atoms with Crippen molar-refractivity contribution in [1.29, 1.82) is 0 Å². The van der Waals surface area contributed by atoms with Crippen LogP contribution < -0.4 is 5.32 Å². The first-order chi connectivity index (χ1) is 9.96. The third-order valence-electron chi connectivity index (χ3n) is 3.73. The van der Waals surface area contributed by atoms with Crippen LogP contribution in [0.5, 0.6) is 0 Å². The Kier molecular flexibility index (Phi) is 5.76. The van der Waals surface area contributed by atoms with E-state index in [1.54, 1.807) is 31.8 Å². The molecule has 21 heavy (non-hydrogen) atoms. The van der Waals surface area contributed by atoms with E-state index in [0.717, 1.165) is 30.9 Å². The predicted molar refractivity (Wildman–Crippen MR) is 86.1 cm³/mol. The fourth-order valence-electron chi connectivity index (χ4n) is 2.42. The summed E-state index contributed by atoms with van der Waals surface area (Å²) in [5.74, 6) is 3.05.